The van der Waals surface area contributed by atoms with Crippen LogP contribution in [0.3, 0.4) is 0 Å². The summed E-state index contributed by atoms with van der Waals surface area (Å²) in [5.41, 5.74) is 3.47. The molecular formula is C16H21ClN2S. The number of nitrogens with one attached hydrogen (secondary N) is 1. The van der Waals surface area contributed by atoms with Gasteiger partial charge in [0, 0.05) is 16.5 Å². The summed E-state index contributed by atoms with van der Waals surface area (Å²) in [4.78, 5) is 4.69. The molecule has 0 saturated carbocycles. The van der Waals surface area contributed by atoms with Gasteiger partial charge in [-0.25, -0.2) is 4.98 Å². The molecule has 0 aliphatic heterocycles. The number of rotatable bonds is 4. The molecule has 1 atom stereocenters. The number of benzene rings is 1. The van der Waals surface area contributed by atoms with Crippen LogP contribution < -0.4 is 5.32 Å². The fourth-order valence-electron chi connectivity index (χ4n) is 1.91. The normalized spacial score (nSPS) is 13.2. The Morgan fingerprint density at radius 1 is 1.30 bits per heavy atom. The lowest BCUT2D eigenvalue weighted by molar-refractivity contribution is 0.571. The van der Waals surface area contributed by atoms with Gasteiger partial charge >= 0.3 is 0 Å². The molecule has 1 heterocycles. The van der Waals surface area contributed by atoms with Crippen LogP contribution in [0.15, 0.2) is 29.6 Å². The average Bonchev–Trinajstić information content (AvgIpc) is 2.85. The van der Waals surface area contributed by atoms with Crippen molar-refractivity contribution in [2.75, 3.05) is 5.32 Å². The highest BCUT2D eigenvalue weighted by Gasteiger charge is 2.17. The van der Waals surface area contributed by atoms with Gasteiger partial charge in [-0.2, -0.15) is 0 Å². The van der Waals surface area contributed by atoms with Crippen molar-refractivity contribution >= 4 is 28.6 Å². The molecule has 1 N–H and O–H groups in total. The van der Waals surface area contributed by atoms with E-state index in [-0.39, 0.29) is 10.8 Å². The predicted octanol–water partition coefficient (Wildman–Crippen LogP) is 5.35. The van der Waals surface area contributed by atoms with E-state index in [9.17, 15) is 0 Å². The summed E-state index contributed by atoms with van der Waals surface area (Å²) in [6.45, 7) is 9.28. The highest BCUT2D eigenvalue weighted by Crippen LogP contribution is 2.28. The number of nitrogens with zero attached hydrogens (tertiary/aromatic N) is 1. The summed E-state index contributed by atoms with van der Waals surface area (Å²) in [6.07, 6.45) is 0. The van der Waals surface area contributed by atoms with Gasteiger partial charge in [0.15, 0.2) is 0 Å². The second-order valence-corrected chi connectivity index (χ2v) is 7.53. The average molecular weight is 309 g/mol. The Morgan fingerprint density at radius 3 is 2.60 bits per heavy atom. The molecule has 4 heteroatoms. The molecule has 0 amide bonds. The second kappa shape index (κ2) is 6.15. The first-order chi connectivity index (χ1) is 9.38. The number of hydrogen-bond acceptors (Lipinski definition) is 3. The molecule has 0 aliphatic carbocycles. The summed E-state index contributed by atoms with van der Waals surface area (Å²) in [5, 5.41) is 6.69. The van der Waals surface area contributed by atoms with Crippen LogP contribution in [0.4, 0.5) is 5.69 Å². The van der Waals surface area contributed by atoms with Crippen LogP contribution in [0.2, 0.25) is 0 Å². The first-order valence-electron chi connectivity index (χ1n) is 6.79. The molecule has 0 radical (unpaired) electrons. The van der Waals surface area contributed by atoms with Crippen molar-refractivity contribution in [3.63, 3.8) is 0 Å². The van der Waals surface area contributed by atoms with E-state index < -0.39 is 0 Å². The third-order valence-corrected chi connectivity index (χ3v) is 4.22. The molecule has 0 spiro atoms. The Balaban J connectivity index is 2.08. The quantitative estimate of drug-likeness (QED) is 0.770. The minimum Gasteiger partial charge on any atom is -0.378 e. The maximum Gasteiger partial charge on any atom is 0.112 e. The number of hydrogen-bond donors (Lipinski definition) is 1. The van der Waals surface area contributed by atoms with Crippen LogP contribution in [-0.4, -0.2) is 4.98 Å². The molecule has 20 heavy (non-hydrogen) atoms. The Morgan fingerprint density at radius 2 is 2.00 bits per heavy atom. The number of aromatic nitrogens is 1. The highest BCUT2D eigenvalue weighted by molar-refractivity contribution is 7.09. The van der Waals surface area contributed by atoms with Crippen molar-refractivity contribution in [2.45, 2.75) is 45.0 Å². The summed E-state index contributed by atoms with van der Waals surface area (Å²) >= 11 is 7.90. The summed E-state index contributed by atoms with van der Waals surface area (Å²) in [5.74, 6) is 0. The highest BCUT2D eigenvalue weighted by atomic mass is 35.5. The van der Waals surface area contributed by atoms with Crippen molar-refractivity contribution in [3.8, 4) is 0 Å². The van der Waals surface area contributed by atoms with E-state index >= 15 is 0 Å². The number of para-hydroxylation sites is 1. The lowest BCUT2D eigenvalue weighted by Crippen LogP contribution is -2.12. The minimum atomic E-state index is 0.000121. The van der Waals surface area contributed by atoms with Crippen LogP contribution in [0.25, 0.3) is 0 Å². The summed E-state index contributed by atoms with van der Waals surface area (Å²) < 4.78 is 0. The van der Waals surface area contributed by atoms with Gasteiger partial charge in [-0.3, -0.25) is 0 Å². The van der Waals surface area contributed by atoms with Crippen molar-refractivity contribution in [1.82, 2.24) is 4.98 Å². The zero-order valence-corrected chi connectivity index (χ0v) is 14.0. The molecule has 0 bridgehead atoms. The number of halogens is 1. The SMILES string of the molecule is CC(Cl)c1ccccc1NCc1nc(C(C)(C)C)cs1. The molecular weight excluding hydrogens is 288 g/mol. The maximum atomic E-state index is 6.20. The topological polar surface area (TPSA) is 24.9 Å². The molecule has 2 rings (SSSR count). The lowest BCUT2D eigenvalue weighted by atomic mass is 9.93. The first kappa shape index (κ1) is 15.3. The largest absolute Gasteiger partial charge is 0.378 e. The van der Waals surface area contributed by atoms with E-state index in [1.54, 1.807) is 11.3 Å². The summed E-state index contributed by atoms with van der Waals surface area (Å²) in [6, 6.07) is 8.16. The van der Waals surface area contributed by atoms with Crippen molar-refractivity contribution in [1.29, 1.82) is 0 Å². The van der Waals surface area contributed by atoms with E-state index in [0.29, 0.717) is 0 Å². The van der Waals surface area contributed by atoms with Crippen LogP contribution in [0, 0.1) is 0 Å². The van der Waals surface area contributed by atoms with E-state index in [4.69, 9.17) is 16.6 Å². The Kier molecular flexibility index (Phi) is 4.71. The molecule has 2 nitrogen and oxygen atoms in total. The third kappa shape index (κ3) is 3.74. The van der Waals surface area contributed by atoms with Gasteiger partial charge in [-0.05, 0) is 18.6 Å². The zero-order chi connectivity index (χ0) is 14.8. The van der Waals surface area contributed by atoms with Crippen molar-refractivity contribution in [2.24, 2.45) is 0 Å². The molecule has 108 valence electrons. The Labute approximate surface area is 130 Å². The van der Waals surface area contributed by atoms with Gasteiger partial charge in [0.25, 0.3) is 0 Å². The fourth-order valence-corrected chi connectivity index (χ4v) is 3.06. The maximum absolute atomic E-state index is 6.20. The zero-order valence-electron chi connectivity index (χ0n) is 12.4. The van der Waals surface area contributed by atoms with E-state index in [1.807, 2.05) is 19.1 Å². The Bertz CT molecular complexity index is 570. The van der Waals surface area contributed by atoms with Crippen molar-refractivity contribution in [3.05, 3.63) is 45.9 Å². The summed E-state index contributed by atoms with van der Waals surface area (Å²) in [7, 11) is 0. The molecule has 2 aromatic rings. The van der Waals surface area contributed by atoms with E-state index in [1.165, 1.54) is 0 Å². The Hall–Kier alpha value is -1.06. The number of thiazole rings is 1. The molecule has 1 aromatic carbocycles. The van der Waals surface area contributed by atoms with Crippen molar-refractivity contribution < 1.29 is 0 Å². The van der Waals surface area contributed by atoms with Crippen LogP contribution in [0.5, 0.6) is 0 Å². The van der Waals surface area contributed by atoms with Gasteiger partial charge in [0.2, 0.25) is 0 Å². The standard InChI is InChI=1S/C16H21ClN2S/c1-11(17)12-7-5-6-8-13(12)18-9-15-19-14(10-20-15)16(2,3)4/h5-8,10-11,18H,9H2,1-4H3. The van der Waals surface area contributed by atoms with Gasteiger partial charge in [-0.15, -0.1) is 22.9 Å². The predicted molar refractivity (Wildman–Crippen MR) is 88.9 cm³/mol. The van der Waals surface area contributed by atoms with Gasteiger partial charge in [-0.1, -0.05) is 39.0 Å². The second-order valence-electron chi connectivity index (χ2n) is 5.93. The van der Waals surface area contributed by atoms with E-state index in [0.717, 1.165) is 28.5 Å². The minimum absolute atomic E-state index is 0.000121. The molecule has 0 aliphatic rings. The fraction of sp³-hybridized carbons (Fsp3) is 0.438. The van der Waals surface area contributed by atoms with Crippen LogP contribution in [0.1, 0.15) is 49.3 Å². The van der Waals surface area contributed by atoms with E-state index in [2.05, 4.69) is 43.6 Å². The molecule has 0 saturated heterocycles. The van der Waals surface area contributed by atoms with Crippen LogP contribution in [-0.2, 0) is 12.0 Å². The molecule has 1 aromatic heterocycles. The van der Waals surface area contributed by atoms with Gasteiger partial charge in [0.05, 0.1) is 17.6 Å². The molecule has 1 unspecified atom stereocenters. The van der Waals surface area contributed by atoms with Gasteiger partial charge in [0.1, 0.15) is 5.01 Å². The monoisotopic (exact) mass is 308 g/mol. The molecule has 0 fully saturated rings. The van der Waals surface area contributed by atoms with Crippen LogP contribution >= 0.6 is 22.9 Å². The lowest BCUT2D eigenvalue weighted by Gasteiger charge is -2.14. The first-order valence-corrected chi connectivity index (χ1v) is 8.11. The number of anilines is 1. The number of alkyl halides is 1. The smallest absolute Gasteiger partial charge is 0.112 e. The third-order valence-electron chi connectivity index (χ3n) is 3.14. The van der Waals surface area contributed by atoms with Gasteiger partial charge < -0.3 is 5.32 Å².